The van der Waals surface area contributed by atoms with E-state index in [1.165, 1.54) is 24.3 Å². The molecule has 21 heavy (non-hydrogen) atoms. The number of aromatic nitrogens is 1. The first-order chi connectivity index (χ1) is 9.99. The van der Waals surface area contributed by atoms with E-state index in [2.05, 4.69) is 9.71 Å². The van der Waals surface area contributed by atoms with Gasteiger partial charge in [-0.05, 0) is 42.3 Å². The van der Waals surface area contributed by atoms with Crippen molar-refractivity contribution in [3.05, 3.63) is 59.9 Å². The minimum atomic E-state index is -3.64. The van der Waals surface area contributed by atoms with Gasteiger partial charge in [-0.3, -0.25) is 4.98 Å². The largest absolute Gasteiger partial charge is 0.478 e. The molecular weight excluding hydrogens is 292 g/mol. The van der Waals surface area contributed by atoms with Crippen LogP contribution in [0.2, 0.25) is 0 Å². The first kappa shape index (κ1) is 15.1. The molecule has 0 aliphatic carbocycles. The van der Waals surface area contributed by atoms with Crippen LogP contribution in [0.15, 0.2) is 53.7 Å². The summed E-state index contributed by atoms with van der Waals surface area (Å²) >= 11 is 0. The maximum Gasteiger partial charge on any atom is 0.335 e. The Morgan fingerprint density at radius 1 is 1.19 bits per heavy atom. The number of hydrogen-bond donors (Lipinski definition) is 2. The molecular formula is C14H14N2O4S. The molecule has 0 bridgehead atoms. The number of carboxylic acid groups (broad SMARTS) is 1. The summed E-state index contributed by atoms with van der Waals surface area (Å²) < 4.78 is 26.5. The van der Waals surface area contributed by atoms with Crippen molar-refractivity contribution in [2.75, 3.05) is 6.54 Å². The second-order valence-electron chi connectivity index (χ2n) is 4.34. The minimum absolute atomic E-state index is 0.0405. The van der Waals surface area contributed by atoms with E-state index in [-0.39, 0.29) is 17.0 Å². The molecule has 0 radical (unpaired) electrons. The van der Waals surface area contributed by atoms with Gasteiger partial charge in [0.25, 0.3) is 0 Å². The Kier molecular flexibility index (Phi) is 4.66. The Morgan fingerprint density at radius 2 is 1.90 bits per heavy atom. The summed E-state index contributed by atoms with van der Waals surface area (Å²) in [6.45, 7) is 0.245. The van der Waals surface area contributed by atoms with E-state index >= 15 is 0 Å². The average molecular weight is 306 g/mol. The predicted octanol–water partition coefficient (Wildman–Crippen LogP) is 1.30. The molecule has 0 fully saturated rings. The van der Waals surface area contributed by atoms with Gasteiger partial charge in [-0.15, -0.1) is 0 Å². The summed E-state index contributed by atoms with van der Waals surface area (Å²) in [5.41, 5.74) is 0.978. The molecule has 0 aliphatic rings. The summed E-state index contributed by atoms with van der Waals surface area (Å²) in [6, 6.07) is 8.72. The molecule has 1 heterocycles. The quantitative estimate of drug-likeness (QED) is 0.838. The molecule has 2 aromatic rings. The second-order valence-corrected chi connectivity index (χ2v) is 6.11. The van der Waals surface area contributed by atoms with E-state index in [0.29, 0.717) is 6.42 Å². The van der Waals surface area contributed by atoms with Crippen LogP contribution in [0.25, 0.3) is 0 Å². The molecule has 7 heteroatoms. The fourth-order valence-corrected chi connectivity index (χ4v) is 2.77. The lowest BCUT2D eigenvalue weighted by Gasteiger charge is -2.07. The third kappa shape index (κ3) is 4.11. The van der Waals surface area contributed by atoms with Gasteiger partial charge in [0.1, 0.15) is 0 Å². The molecule has 110 valence electrons. The van der Waals surface area contributed by atoms with Crippen molar-refractivity contribution in [3.63, 3.8) is 0 Å². The number of nitrogens with zero attached hydrogens (tertiary/aromatic N) is 1. The molecule has 0 unspecified atom stereocenters. The van der Waals surface area contributed by atoms with Crippen LogP contribution in [0.1, 0.15) is 15.9 Å². The van der Waals surface area contributed by atoms with E-state index in [9.17, 15) is 13.2 Å². The van der Waals surface area contributed by atoms with Crippen LogP contribution >= 0.6 is 0 Å². The number of carboxylic acids is 1. The highest BCUT2D eigenvalue weighted by Gasteiger charge is 2.14. The number of benzene rings is 1. The molecule has 2 N–H and O–H groups in total. The Morgan fingerprint density at radius 3 is 2.48 bits per heavy atom. The molecule has 0 amide bonds. The molecule has 0 saturated heterocycles. The smallest absolute Gasteiger partial charge is 0.335 e. The predicted molar refractivity (Wildman–Crippen MR) is 76.5 cm³/mol. The molecule has 0 atom stereocenters. The van der Waals surface area contributed by atoms with Crippen molar-refractivity contribution in [1.82, 2.24) is 9.71 Å². The molecule has 6 nitrogen and oxygen atoms in total. The number of carbonyl (C=O) groups is 1. The van der Waals surface area contributed by atoms with Crippen molar-refractivity contribution < 1.29 is 18.3 Å². The zero-order valence-corrected chi connectivity index (χ0v) is 11.9. The Labute approximate surface area is 122 Å². The fraction of sp³-hybridized carbons (Fsp3) is 0.143. The van der Waals surface area contributed by atoms with Crippen molar-refractivity contribution in [2.24, 2.45) is 0 Å². The van der Waals surface area contributed by atoms with Crippen LogP contribution in [-0.2, 0) is 16.4 Å². The molecule has 1 aromatic heterocycles. The summed E-state index contributed by atoms with van der Waals surface area (Å²) in [5.74, 6) is -1.09. The lowest BCUT2D eigenvalue weighted by atomic mass is 10.2. The number of nitrogens with one attached hydrogen (secondary N) is 1. The SMILES string of the molecule is O=C(O)c1ccc(S(=O)(=O)NCCc2cccnc2)cc1. The zero-order chi connectivity index (χ0) is 15.3. The molecule has 2 rings (SSSR count). The van der Waals surface area contributed by atoms with E-state index in [4.69, 9.17) is 5.11 Å². The molecule has 0 aliphatic heterocycles. The fourth-order valence-electron chi connectivity index (χ4n) is 1.74. The summed E-state index contributed by atoms with van der Waals surface area (Å²) in [5, 5.41) is 8.78. The van der Waals surface area contributed by atoms with Crippen LogP contribution in [0.3, 0.4) is 0 Å². The van der Waals surface area contributed by atoms with Gasteiger partial charge in [0, 0.05) is 18.9 Å². The maximum absolute atomic E-state index is 12.0. The summed E-state index contributed by atoms with van der Waals surface area (Å²) in [7, 11) is -3.64. The Hall–Kier alpha value is -2.25. The zero-order valence-electron chi connectivity index (χ0n) is 11.1. The van der Waals surface area contributed by atoms with Crippen LogP contribution in [0.4, 0.5) is 0 Å². The third-order valence-corrected chi connectivity index (χ3v) is 4.32. The van der Waals surface area contributed by atoms with Gasteiger partial charge in [-0.25, -0.2) is 17.9 Å². The molecule has 0 saturated carbocycles. The summed E-state index contributed by atoms with van der Waals surface area (Å²) in [4.78, 5) is 14.7. The van der Waals surface area contributed by atoms with Gasteiger partial charge in [0.05, 0.1) is 10.5 Å². The van der Waals surface area contributed by atoms with Crippen molar-refractivity contribution in [3.8, 4) is 0 Å². The topological polar surface area (TPSA) is 96.4 Å². The normalized spacial score (nSPS) is 11.2. The van der Waals surface area contributed by atoms with Gasteiger partial charge in [-0.1, -0.05) is 6.07 Å². The van der Waals surface area contributed by atoms with E-state index < -0.39 is 16.0 Å². The Bertz CT molecular complexity index is 712. The first-order valence-electron chi connectivity index (χ1n) is 6.21. The first-order valence-corrected chi connectivity index (χ1v) is 7.69. The standard InChI is InChI=1S/C14H14N2O4S/c17-14(18)12-3-5-13(6-4-12)21(19,20)16-9-7-11-2-1-8-15-10-11/h1-6,8,10,16H,7,9H2,(H,17,18). The monoisotopic (exact) mass is 306 g/mol. The number of aromatic carboxylic acids is 1. The van der Waals surface area contributed by atoms with Crippen LogP contribution in [0.5, 0.6) is 0 Å². The Balaban J connectivity index is 2.00. The molecule has 1 aromatic carbocycles. The number of pyridine rings is 1. The summed E-state index contributed by atoms with van der Waals surface area (Å²) in [6.07, 6.45) is 3.86. The number of rotatable bonds is 6. The van der Waals surface area contributed by atoms with Crippen molar-refractivity contribution >= 4 is 16.0 Å². The number of hydrogen-bond acceptors (Lipinski definition) is 4. The van der Waals surface area contributed by atoms with Gasteiger partial charge < -0.3 is 5.11 Å². The minimum Gasteiger partial charge on any atom is -0.478 e. The van der Waals surface area contributed by atoms with E-state index in [1.807, 2.05) is 6.07 Å². The van der Waals surface area contributed by atoms with E-state index in [0.717, 1.165) is 5.56 Å². The van der Waals surface area contributed by atoms with Gasteiger partial charge in [0.2, 0.25) is 10.0 Å². The van der Waals surface area contributed by atoms with Gasteiger partial charge in [-0.2, -0.15) is 0 Å². The lowest BCUT2D eigenvalue weighted by molar-refractivity contribution is 0.0696. The average Bonchev–Trinajstić information content (AvgIpc) is 2.48. The van der Waals surface area contributed by atoms with Gasteiger partial charge >= 0.3 is 5.97 Å². The maximum atomic E-state index is 12.0. The van der Waals surface area contributed by atoms with Crippen LogP contribution in [0, 0.1) is 0 Å². The van der Waals surface area contributed by atoms with Crippen molar-refractivity contribution in [1.29, 1.82) is 0 Å². The van der Waals surface area contributed by atoms with Crippen LogP contribution in [-0.4, -0.2) is 31.0 Å². The van der Waals surface area contributed by atoms with Gasteiger partial charge in [0.15, 0.2) is 0 Å². The number of sulfonamides is 1. The molecule has 0 spiro atoms. The highest BCUT2D eigenvalue weighted by atomic mass is 32.2. The lowest BCUT2D eigenvalue weighted by Crippen LogP contribution is -2.26. The van der Waals surface area contributed by atoms with Crippen molar-refractivity contribution in [2.45, 2.75) is 11.3 Å². The third-order valence-electron chi connectivity index (χ3n) is 2.84. The van der Waals surface area contributed by atoms with Crippen LogP contribution < -0.4 is 4.72 Å². The van der Waals surface area contributed by atoms with E-state index in [1.54, 1.807) is 18.5 Å². The highest BCUT2D eigenvalue weighted by Crippen LogP contribution is 2.10. The second kappa shape index (κ2) is 6.47. The highest BCUT2D eigenvalue weighted by molar-refractivity contribution is 7.89.